The molecule has 0 aliphatic heterocycles. The molecule has 10 heavy (non-hydrogen) atoms. The predicted octanol–water partition coefficient (Wildman–Crippen LogP) is 1.34. The molecule has 54 valence electrons. The summed E-state index contributed by atoms with van der Waals surface area (Å²) in [5.74, 6) is 0.752. The minimum atomic E-state index is 0.656. The topological polar surface area (TPSA) is 22.4 Å². The Morgan fingerprint density at radius 1 is 1.80 bits per heavy atom. The van der Waals surface area contributed by atoms with Gasteiger partial charge in [-0.3, -0.25) is 0 Å². The molecule has 0 fully saturated rings. The summed E-state index contributed by atoms with van der Waals surface area (Å²) in [6.45, 7) is 2.59. The molecule has 1 rings (SSSR count). The summed E-state index contributed by atoms with van der Waals surface area (Å²) in [5, 5.41) is 0. The molecule has 0 amide bonds. The second kappa shape index (κ2) is 3.72. The maximum absolute atomic E-state index is 5.15. The Bertz CT molecular complexity index is 203. The number of hydrogen-bond donors (Lipinski definition) is 0. The monoisotopic (exact) mass is 176 g/mol. The molecule has 0 saturated carbocycles. The summed E-state index contributed by atoms with van der Waals surface area (Å²) in [6, 6.07) is 3.67. The van der Waals surface area contributed by atoms with E-state index in [2.05, 4.69) is 15.9 Å². The van der Waals surface area contributed by atoms with Gasteiger partial charge in [-0.1, -0.05) is 0 Å². The molecule has 0 N–H and O–H groups in total. The van der Waals surface area contributed by atoms with Gasteiger partial charge in [0.25, 0.3) is 0 Å². The first-order valence-corrected chi connectivity index (χ1v) is 3.69. The molecule has 0 radical (unpaired) electrons. The molecule has 1 aromatic heterocycles. The SMILES string of the molecule is CCO[C](=[Cr])c1ccco1. The zero-order valence-electron chi connectivity index (χ0n) is 5.66. The van der Waals surface area contributed by atoms with E-state index in [1.165, 1.54) is 0 Å². The van der Waals surface area contributed by atoms with Gasteiger partial charge in [-0.2, -0.15) is 0 Å². The Balaban J connectivity index is 2.59. The molecule has 0 spiro atoms. The Morgan fingerprint density at radius 3 is 3.10 bits per heavy atom. The average Bonchev–Trinajstić information content (AvgIpc) is 2.38. The molecule has 0 aliphatic carbocycles. The van der Waals surface area contributed by atoms with Crippen LogP contribution >= 0.6 is 0 Å². The molecular formula is C7H8CrO2. The first-order valence-electron chi connectivity index (χ1n) is 3.05. The van der Waals surface area contributed by atoms with Crippen molar-refractivity contribution >= 4 is 4.57 Å². The van der Waals surface area contributed by atoms with Gasteiger partial charge in [0.1, 0.15) is 0 Å². The van der Waals surface area contributed by atoms with Crippen LogP contribution in [0.4, 0.5) is 0 Å². The molecule has 1 aromatic rings. The number of hydrogen-bond acceptors (Lipinski definition) is 2. The third-order valence-electron chi connectivity index (χ3n) is 0.998. The quantitative estimate of drug-likeness (QED) is 0.693. The van der Waals surface area contributed by atoms with Crippen molar-refractivity contribution in [1.82, 2.24) is 0 Å². The van der Waals surface area contributed by atoms with E-state index in [9.17, 15) is 0 Å². The van der Waals surface area contributed by atoms with Gasteiger partial charge >= 0.3 is 67.3 Å². The van der Waals surface area contributed by atoms with Gasteiger partial charge in [0.2, 0.25) is 0 Å². The average molecular weight is 176 g/mol. The van der Waals surface area contributed by atoms with Crippen molar-refractivity contribution in [1.29, 1.82) is 0 Å². The Hall–Kier alpha value is -0.358. The van der Waals surface area contributed by atoms with E-state index in [1.807, 2.05) is 19.1 Å². The summed E-state index contributed by atoms with van der Waals surface area (Å²) in [5.41, 5.74) is 0. The predicted molar refractivity (Wildman–Crippen MR) is 34.4 cm³/mol. The third-order valence-corrected chi connectivity index (χ3v) is 1.50. The molecule has 1 heterocycles. The van der Waals surface area contributed by atoms with Gasteiger partial charge < -0.3 is 0 Å². The molecule has 0 aromatic carbocycles. The van der Waals surface area contributed by atoms with E-state index >= 15 is 0 Å². The van der Waals surface area contributed by atoms with E-state index in [1.54, 1.807) is 6.26 Å². The van der Waals surface area contributed by atoms with Crippen molar-refractivity contribution in [2.24, 2.45) is 0 Å². The van der Waals surface area contributed by atoms with E-state index < -0.39 is 0 Å². The molecule has 0 atom stereocenters. The van der Waals surface area contributed by atoms with Gasteiger partial charge in [-0.05, 0) is 0 Å². The second-order valence-electron chi connectivity index (χ2n) is 1.70. The molecule has 0 saturated heterocycles. The summed E-state index contributed by atoms with van der Waals surface area (Å²) in [7, 11) is 0. The van der Waals surface area contributed by atoms with Crippen molar-refractivity contribution in [2.75, 3.05) is 6.61 Å². The van der Waals surface area contributed by atoms with Gasteiger partial charge in [0, 0.05) is 0 Å². The molecule has 3 heteroatoms. The number of rotatable bonds is 3. The fraction of sp³-hybridized carbons (Fsp3) is 0.286. The standard InChI is InChI=1S/C7H8O2.Cr/c1-2-8-6-7-4-3-5-9-7;/h3-5H,2H2,1H3;. The van der Waals surface area contributed by atoms with E-state index in [0.29, 0.717) is 11.2 Å². The first kappa shape index (κ1) is 7.75. The second-order valence-corrected chi connectivity index (χ2v) is 2.28. The van der Waals surface area contributed by atoms with Crippen LogP contribution in [0.2, 0.25) is 0 Å². The van der Waals surface area contributed by atoms with Gasteiger partial charge in [0.15, 0.2) is 0 Å². The van der Waals surface area contributed by atoms with E-state index in [4.69, 9.17) is 9.15 Å². The minimum absolute atomic E-state index is 0.656. The van der Waals surface area contributed by atoms with Crippen LogP contribution in [-0.4, -0.2) is 11.2 Å². The Kier molecular flexibility index (Phi) is 2.88. The van der Waals surface area contributed by atoms with Gasteiger partial charge in [0.05, 0.1) is 0 Å². The fourth-order valence-electron chi connectivity index (χ4n) is 0.597. The van der Waals surface area contributed by atoms with Crippen LogP contribution in [0.5, 0.6) is 0 Å². The zero-order chi connectivity index (χ0) is 7.40. The van der Waals surface area contributed by atoms with Crippen LogP contribution in [0, 0.1) is 0 Å². The maximum atomic E-state index is 5.15. The molecule has 0 unspecified atom stereocenters. The summed E-state index contributed by atoms with van der Waals surface area (Å²) in [4.78, 5) is 0. The van der Waals surface area contributed by atoms with Crippen LogP contribution in [0.3, 0.4) is 0 Å². The van der Waals surface area contributed by atoms with Crippen LogP contribution in [0.25, 0.3) is 0 Å². The molecular weight excluding hydrogens is 168 g/mol. The zero-order valence-corrected chi connectivity index (χ0v) is 6.94. The number of ether oxygens (including phenoxy) is 1. The number of furan rings is 1. The molecule has 2 nitrogen and oxygen atoms in total. The summed E-state index contributed by atoms with van der Waals surface area (Å²) >= 11 is 2.78. The third kappa shape index (κ3) is 1.81. The Morgan fingerprint density at radius 2 is 2.60 bits per heavy atom. The van der Waals surface area contributed by atoms with Crippen LogP contribution in [0.15, 0.2) is 22.8 Å². The van der Waals surface area contributed by atoms with Crippen molar-refractivity contribution in [3.8, 4) is 0 Å². The van der Waals surface area contributed by atoms with Crippen molar-refractivity contribution in [3.05, 3.63) is 24.2 Å². The summed E-state index contributed by atoms with van der Waals surface area (Å²) in [6.07, 6.45) is 1.62. The van der Waals surface area contributed by atoms with E-state index in [-0.39, 0.29) is 0 Å². The Labute approximate surface area is 67.8 Å². The van der Waals surface area contributed by atoms with Crippen LogP contribution in [-0.2, 0) is 20.6 Å². The van der Waals surface area contributed by atoms with Crippen molar-refractivity contribution in [2.45, 2.75) is 6.92 Å². The van der Waals surface area contributed by atoms with Crippen LogP contribution < -0.4 is 0 Å². The van der Waals surface area contributed by atoms with Crippen LogP contribution in [0.1, 0.15) is 12.7 Å². The van der Waals surface area contributed by atoms with E-state index in [0.717, 1.165) is 5.76 Å². The van der Waals surface area contributed by atoms with Gasteiger partial charge in [-0.15, -0.1) is 0 Å². The molecule has 0 bridgehead atoms. The van der Waals surface area contributed by atoms with Gasteiger partial charge in [-0.25, -0.2) is 0 Å². The fourth-order valence-corrected chi connectivity index (χ4v) is 0.962. The van der Waals surface area contributed by atoms with Crippen molar-refractivity contribution < 1.29 is 25.0 Å². The van der Waals surface area contributed by atoms with Crippen molar-refractivity contribution in [3.63, 3.8) is 0 Å². The first-order chi connectivity index (χ1) is 4.84. The molecule has 0 aliphatic rings. The normalized spacial score (nSPS) is 9.70. The summed E-state index contributed by atoms with van der Waals surface area (Å²) < 4.78 is 10.9.